The fraction of sp³-hybridized carbons (Fsp3) is 0.375. The third-order valence-corrected chi connectivity index (χ3v) is 4.51. The minimum Gasteiger partial charge on any atom is -0.331 e. The Morgan fingerprint density at radius 2 is 2.20 bits per heavy atom. The van der Waals surface area contributed by atoms with Crippen LogP contribution in [0.5, 0.6) is 0 Å². The van der Waals surface area contributed by atoms with Crippen molar-refractivity contribution < 1.29 is 0 Å². The zero-order chi connectivity index (χ0) is 14.1. The average Bonchev–Trinajstić information content (AvgIpc) is 2.77. The van der Waals surface area contributed by atoms with Gasteiger partial charge in [-0.05, 0) is 62.0 Å². The number of allylic oxidation sites excluding steroid dienone is 2. The predicted octanol–water partition coefficient (Wildman–Crippen LogP) is 3.54. The number of thiocarbonyl (C=S) groups is 1. The minimum atomic E-state index is 0.556. The molecule has 1 aromatic rings. The summed E-state index contributed by atoms with van der Waals surface area (Å²) >= 11 is 5.30. The number of hydrogen-bond acceptors (Lipinski definition) is 2. The van der Waals surface area contributed by atoms with Gasteiger partial charge in [0.2, 0.25) is 0 Å². The van der Waals surface area contributed by atoms with E-state index in [2.05, 4.69) is 47.9 Å². The Hall–Kier alpha value is -1.68. The highest BCUT2D eigenvalue weighted by Crippen LogP contribution is 2.40. The molecule has 0 amide bonds. The van der Waals surface area contributed by atoms with Crippen LogP contribution in [-0.4, -0.2) is 10.8 Å². The van der Waals surface area contributed by atoms with Crippen molar-refractivity contribution in [1.82, 2.24) is 5.43 Å². The lowest BCUT2D eigenvalue weighted by Gasteiger charge is -2.31. The van der Waals surface area contributed by atoms with Gasteiger partial charge in [-0.1, -0.05) is 24.3 Å². The zero-order valence-corrected chi connectivity index (χ0v) is 12.6. The number of anilines is 1. The maximum atomic E-state index is 5.30. The van der Waals surface area contributed by atoms with Crippen molar-refractivity contribution in [3.05, 3.63) is 41.5 Å². The van der Waals surface area contributed by atoms with Crippen molar-refractivity contribution in [3.8, 4) is 0 Å². The Labute approximate surface area is 125 Å². The van der Waals surface area contributed by atoms with Crippen LogP contribution in [0.15, 0.2) is 35.5 Å². The lowest BCUT2D eigenvalue weighted by molar-refractivity contribution is 0.463. The summed E-state index contributed by atoms with van der Waals surface area (Å²) in [6, 6.07) is 6.16. The molecule has 0 radical (unpaired) electrons. The monoisotopic (exact) mass is 285 g/mol. The van der Waals surface area contributed by atoms with E-state index in [0.717, 1.165) is 24.4 Å². The van der Waals surface area contributed by atoms with Crippen LogP contribution < -0.4 is 10.7 Å². The van der Waals surface area contributed by atoms with Crippen molar-refractivity contribution in [2.45, 2.75) is 26.7 Å². The van der Waals surface area contributed by atoms with Crippen molar-refractivity contribution in [3.63, 3.8) is 0 Å². The van der Waals surface area contributed by atoms with Gasteiger partial charge in [0, 0.05) is 17.3 Å². The van der Waals surface area contributed by atoms with Gasteiger partial charge in [0.25, 0.3) is 0 Å². The smallest absolute Gasteiger partial charge is 0.191 e. The molecule has 0 aliphatic heterocycles. The molecule has 2 N–H and O–H groups in total. The van der Waals surface area contributed by atoms with Crippen molar-refractivity contribution in [2.75, 3.05) is 5.32 Å². The van der Waals surface area contributed by atoms with Crippen molar-refractivity contribution in [1.29, 1.82) is 0 Å². The summed E-state index contributed by atoms with van der Waals surface area (Å²) in [4.78, 5) is 0. The predicted molar refractivity (Wildman–Crippen MR) is 88.1 cm³/mol. The number of aryl methyl sites for hydroxylation is 1. The number of benzene rings is 1. The highest BCUT2D eigenvalue weighted by atomic mass is 32.1. The van der Waals surface area contributed by atoms with Gasteiger partial charge < -0.3 is 5.32 Å². The Morgan fingerprint density at radius 3 is 3.00 bits per heavy atom. The molecule has 3 rings (SSSR count). The van der Waals surface area contributed by atoms with E-state index in [4.69, 9.17) is 12.2 Å². The quantitative estimate of drug-likeness (QED) is 0.496. The van der Waals surface area contributed by atoms with E-state index in [0.29, 0.717) is 11.0 Å². The topological polar surface area (TPSA) is 36.4 Å². The first-order valence-electron chi connectivity index (χ1n) is 7.01. The molecule has 1 fully saturated rings. The molecule has 104 valence electrons. The number of fused-ring (bicyclic) bond motifs is 1. The number of hydrazone groups is 1. The van der Waals surface area contributed by atoms with Gasteiger partial charge in [-0.2, -0.15) is 5.10 Å². The van der Waals surface area contributed by atoms with Crippen LogP contribution in [0.25, 0.3) is 0 Å². The van der Waals surface area contributed by atoms with Crippen LogP contribution in [0.1, 0.15) is 24.0 Å². The molecule has 3 nitrogen and oxygen atoms in total. The third-order valence-electron chi connectivity index (χ3n) is 4.32. The van der Waals surface area contributed by atoms with Crippen LogP contribution in [-0.2, 0) is 0 Å². The first-order chi connectivity index (χ1) is 9.65. The maximum Gasteiger partial charge on any atom is 0.191 e. The van der Waals surface area contributed by atoms with Gasteiger partial charge in [-0.3, -0.25) is 5.43 Å². The molecule has 2 atom stereocenters. The third kappa shape index (κ3) is 2.48. The molecule has 1 aromatic carbocycles. The fourth-order valence-corrected chi connectivity index (χ4v) is 2.98. The Kier molecular flexibility index (Phi) is 3.57. The van der Waals surface area contributed by atoms with E-state index >= 15 is 0 Å². The minimum absolute atomic E-state index is 0.556. The lowest BCUT2D eigenvalue weighted by Crippen LogP contribution is -2.36. The van der Waals surface area contributed by atoms with E-state index in [9.17, 15) is 0 Å². The van der Waals surface area contributed by atoms with Crippen LogP contribution in [0.4, 0.5) is 5.69 Å². The summed E-state index contributed by atoms with van der Waals surface area (Å²) in [5.74, 6) is 1.34. The molecule has 0 unspecified atom stereocenters. The van der Waals surface area contributed by atoms with E-state index in [1.807, 2.05) is 12.1 Å². The summed E-state index contributed by atoms with van der Waals surface area (Å²) in [6.07, 6.45) is 6.75. The number of rotatable bonds is 2. The summed E-state index contributed by atoms with van der Waals surface area (Å²) < 4.78 is 0. The van der Waals surface area contributed by atoms with Gasteiger partial charge in [0.05, 0.1) is 0 Å². The molecular formula is C16H19N3S. The molecule has 1 saturated carbocycles. The van der Waals surface area contributed by atoms with E-state index in [-0.39, 0.29) is 0 Å². The Morgan fingerprint density at radius 1 is 1.35 bits per heavy atom. The van der Waals surface area contributed by atoms with Gasteiger partial charge in [-0.15, -0.1) is 0 Å². The van der Waals surface area contributed by atoms with Crippen LogP contribution in [0.3, 0.4) is 0 Å². The summed E-state index contributed by atoms with van der Waals surface area (Å²) in [5.41, 5.74) is 7.72. The van der Waals surface area contributed by atoms with Crippen LogP contribution >= 0.6 is 12.2 Å². The number of nitrogens with zero attached hydrogens (tertiary/aromatic N) is 1. The summed E-state index contributed by atoms with van der Waals surface area (Å²) in [5, 5.41) is 8.21. The fourth-order valence-electron chi connectivity index (χ4n) is 2.82. The van der Waals surface area contributed by atoms with E-state index in [1.165, 1.54) is 16.8 Å². The van der Waals surface area contributed by atoms with E-state index < -0.39 is 0 Å². The van der Waals surface area contributed by atoms with Crippen LogP contribution in [0, 0.1) is 25.7 Å². The highest BCUT2D eigenvalue weighted by molar-refractivity contribution is 7.80. The molecule has 0 spiro atoms. The van der Waals surface area contributed by atoms with Crippen molar-refractivity contribution >= 4 is 28.7 Å². The van der Waals surface area contributed by atoms with Gasteiger partial charge in [-0.25, -0.2) is 0 Å². The summed E-state index contributed by atoms with van der Waals surface area (Å²) in [7, 11) is 0. The van der Waals surface area contributed by atoms with Gasteiger partial charge in [0.15, 0.2) is 5.11 Å². The van der Waals surface area contributed by atoms with Crippen LogP contribution in [0.2, 0.25) is 0 Å². The van der Waals surface area contributed by atoms with Gasteiger partial charge in [0.1, 0.15) is 0 Å². The average molecular weight is 285 g/mol. The highest BCUT2D eigenvalue weighted by Gasteiger charge is 2.37. The maximum absolute atomic E-state index is 5.30. The molecule has 4 heteroatoms. The Bertz CT molecular complexity index is 604. The van der Waals surface area contributed by atoms with Crippen molar-refractivity contribution in [2.24, 2.45) is 16.9 Å². The summed E-state index contributed by atoms with van der Waals surface area (Å²) in [6.45, 7) is 4.19. The second kappa shape index (κ2) is 5.37. The molecule has 0 bridgehead atoms. The molecule has 2 aliphatic rings. The van der Waals surface area contributed by atoms with E-state index in [1.54, 1.807) is 0 Å². The molecule has 2 aliphatic carbocycles. The second-order valence-corrected chi connectivity index (χ2v) is 5.96. The second-order valence-electron chi connectivity index (χ2n) is 5.55. The molecule has 20 heavy (non-hydrogen) atoms. The first kappa shape index (κ1) is 13.3. The lowest BCUT2D eigenvalue weighted by atomic mass is 9.74. The molecule has 0 heterocycles. The molecule has 0 saturated heterocycles. The Balaban J connectivity index is 1.58. The SMILES string of the molecule is Cc1cccc(NC(=S)N/N=C2/C[C@H]3C=CC[C@@H]23)c1C. The normalized spacial score (nSPS) is 25.2. The number of hydrogen-bond donors (Lipinski definition) is 2. The standard InChI is InChI=1S/C16H19N3S/c1-10-5-3-8-14(11(10)2)17-16(20)19-18-15-9-12-6-4-7-13(12)15/h3-6,8,12-13H,7,9H2,1-2H3,(H2,17,19,20)/b18-15-/t12-,13-/m1/s1. The first-order valence-corrected chi connectivity index (χ1v) is 7.42. The molecular weight excluding hydrogens is 266 g/mol. The zero-order valence-electron chi connectivity index (χ0n) is 11.8. The number of nitrogens with one attached hydrogen (secondary N) is 2. The largest absolute Gasteiger partial charge is 0.331 e. The molecule has 0 aromatic heterocycles. The van der Waals surface area contributed by atoms with Gasteiger partial charge >= 0.3 is 0 Å².